The van der Waals surface area contributed by atoms with Crippen molar-refractivity contribution < 1.29 is 4.79 Å². The number of carbonyl (C=O) groups excluding carboxylic acids is 1. The zero-order valence-corrected chi connectivity index (χ0v) is 9.03. The van der Waals surface area contributed by atoms with Crippen LogP contribution in [0.25, 0.3) is 0 Å². The van der Waals surface area contributed by atoms with Crippen molar-refractivity contribution in [1.82, 2.24) is 10.6 Å². The molecular formula is C10H16N2OS. The van der Waals surface area contributed by atoms with Gasteiger partial charge in [0.15, 0.2) is 0 Å². The maximum absolute atomic E-state index is 11.2. The fourth-order valence-corrected chi connectivity index (χ4v) is 2.41. The fraction of sp³-hybridized carbons (Fsp3) is 0.700. The van der Waals surface area contributed by atoms with Crippen LogP contribution in [0.2, 0.25) is 0 Å². The zero-order chi connectivity index (χ0) is 10.2. The van der Waals surface area contributed by atoms with Gasteiger partial charge in [-0.1, -0.05) is 5.92 Å². The van der Waals surface area contributed by atoms with Gasteiger partial charge in [-0.15, -0.1) is 18.2 Å². The molecular weight excluding hydrogens is 196 g/mol. The molecule has 0 unspecified atom stereocenters. The summed E-state index contributed by atoms with van der Waals surface area (Å²) in [7, 11) is 0. The molecule has 1 fully saturated rings. The van der Waals surface area contributed by atoms with Gasteiger partial charge in [-0.05, 0) is 25.9 Å². The predicted octanol–water partition coefficient (Wildman–Crippen LogP) is 0.221. The van der Waals surface area contributed by atoms with Gasteiger partial charge >= 0.3 is 0 Å². The van der Waals surface area contributed by atoms with Gasteiger partial charge in [0, 0.05) is 5.25 Å². The number of hydrogen-bond acceptors (Lipinski definition) is 3. The number of carbonyl (C=O) groups is 1. The molecule has 3 nitrogen and oxygen atoms in total. The molecule has 1 aliphatic heterocycles. The lowest BCUT2D eigenvalue weighted by Crippen LogP contribution is -2.31. The molecule has 1 aliphatic rings. The van der Waals surface area contributed by atoms with E-state index < -0.39 is 0 Å². The van der Waals surface area contributed by atoms with Crippen LogP contribution in [0.5, 0.6) is 0 Å². The Morgan fingerprint density at radius 3 is 2.93 bits per heavy atom. The predicted molar refractivity (Wildman–Crippen MR) is 60.2 cm³/mol. The minimum atomic E-state index is 0.0477. The Bertz CT molecular complexity index is 219. The minimum absolute atomic E-state index is 0.0477. The van der Waals surface area contributed by atoms with Crippen LogP contribution in [0, 0.1) is 12.3 Å². The van der Waals surface area contributed by atoms with E-state index in [4.69, 9.17) is 6.42 Å². The Hall–Kier alpha value is -0.660. The van der Waals surface area contributed by atoms with Crippen LogP contribution in [0.15, 0.2) is 0 Å². The van der Waals surface area contributed by atoms with Gasteiger partial charge in [0.1, 0.15) is 0 Å². The van der Waals surface area contributed by atoms with Crippen LogP contribution in [0.3, 0.4) is 0 Å². The smallest absolute Gasteiger partial charge is 0.230 e. The van der Waals surface area contributed by atoms with Crippen molar-refractivity contribution >= 4 is 17.7 Å². The maximum atomic E-state index is 11.2. The van der Waals surface area contributed by atoms with E-state index in [1.807, 2.05) is 0 Å². The van der Waals surface area contributed by atoms with Gasteiger partial charge in [-0.2, -0.15) is 0 Å². The van der Waals surface area contributed by atoms with Gasteiger partial charge in [-0.25, -0.2) is 0 Å². The van der Waals surface area contributed by atoms with Crippen molar-refractivity contribution in [3.05, 3.63) is 0 Å². The molecule has 1 saturated heterocycles. The molecule has 0 aromatic rings. The first-order valence-electron chi connectivity index (χ1n) is 4.85. The molecule has 1 heterocycles. The Kier molecular flexibility index (Phi) is 5.50. The molecule has 0 saturated carbocycles. The molecule has 0 bridgehead atoms. The largest absolute Gasteiger partial charge is 0.344 e. The number of hydrogen-bond donors (Lipinski definition) is 2. The average molecular weight is 212 g/mol. The van der Waals surface area contributed by atoms with Crippen molar-refractivity contribution in [1.29, 1.82) is 0 Å². The molecule has 0 atom stereocenters. The molecule has 14 heavy (non-hydrogen) atoms. The van der Waals surface area contributed by atoms with Crippen molar-refractivity contribution in [3.8, 4) is 12.3 Å². The van der Waals surface area contributed by atoms with Gasteiger partial charge in [-0.3, -0.25) is 4.79 Å². The van der Waals surface area contributed by atoms with Crippen LogP contribution in [0.4, 0.5) is 0 Å². The van der Waals surface area contributed by atoms with Gasteiger partial charge in [0.05, 0.1) is 12.3 Å². The number of rotatable bonds is 4. The maximum Gasteiger partial charge on any atom is 0.230 e. The molecule has 0 aromatic heterocycles. The first-order valence-corrected chi connectivity index (χ1v) is 5.90. The van der Waals surface area contributed by atoms with E-state index >= 15 is 0 Å². The molecule has 0 aromatic carbocycles. The van der Waals surface area contributed by atoms with Crippen LogP contribution >= 0.6 is 11.8 Å². The Morgan fingerprint density at radius 1 is 1.57 bits per heavy atom. The third kappa shape index (κ3) is 4.54. The van der Waals surface area contributed by atoms with Crippen LogP contribution in [-0.4, -0.2) is 36.5 Å². The first-order chi connectivity index (χ1) is 6.83. The summed E-state index contributed by atoms with van der Waals surface area (Å²) < 4.78 is 0. The van der Waals surface area contributed by atoms with E-state index in [-0.39, 0.29) is 5.91 Å². The van der Waals surface area contributed by atoms with E-state index in [9.17, 15) is 4.79 Å². The number of amides is 1. The summed E-state index contributed by atoms with van der Waals surface area (Å²) in [5.41, 5.74) is 0. The van der Waals surface area contributed by atoms with Crippen molar-refractivity contribution in [2.24, 2.45) is 0 Å². The molecule has 2 N–H and O–H groups in total. The third-order valence-corrected chi connectivity index (χ3v) is 3.50. The third-order valence-electron chi connectivity index (χ3n) is 2.12. The lowest BCUT2D eigenvalue weighted by atomic mass is 10.2. The fourth-order valence-electron chi connectivity index (χ4n) is 1.36. The van der Waals surface area contributed by atoms with Crippen LogP contribution in [0.1, 0.15) is 12.8 Å². The SMILES string of the molecule is C#CCNC(=O)CSC1CCNCC1. The second-order valence-electron chi connectivity index (χ2n) is 3.24. The molecule has 1 rings (SSSR count). The van der Waals surface area contributed by atoms with E-state index in [0.29, 0.717) is 17.5 Å². The Labute approximate surface area is 89.4 Å². The highest BCUT2D eigenvalue weighted by Crippen LogP contribution is 2.19. The molecule has 78 valence electrons. The number of piperidine rings is 1. The second kappa shape index (κ2) is 6.74. The minimum Gasteiger partial charge on any atom is -0.344 e. The molecule has 0 aliphatic carbocycles. The van der Waals surface area contributed by atoms with Gasteiger partial charge in [0.2, 0.25) is 5.91 Å². The highest BCUT2D eigenvalue weighted by atomic mass is 32.2. The summed E-state index contributed by atoms with van der Waals surface area (Å²) >= 11 is 1.74. The quantitative estimate of drug-likeness (QED) is 0.655. The highest BCUT2D eigenvalue weighted by Gasteiger charge is 2.14. The van der Waals surface area contributed by atoms with Crippen molar-refractivity contribution in [2.45, 2.75) is 18.1 Å². The van der Waals surface area contributed by atoms with Gasteiger partial charge in [0.25, 0.3) is 0 Å². The molecule has 4 heteroatoms. The Morgan fingerprint density at radius 2 is 2.29 bits per heavy atom. The summed E-state index contributed by atoms with van der Waals surface area (Å²) in [5.74, 6) is 2.97. The number of thioether (sulfide) groups is 1. The standard InChI is InChI=1S/C10H16N2OS/c1-2-5-12-10(13)8-14-9-3-6-11-7-4-9/h1,9,11H,3-8H2,(H,12,13). The van der Waals surface area contributed by atoms with E-state index in [2.05, 4.69) is 16.6 Å². The van der Waals surface area contributed by atoms with Crippen LogP contribution < -0.4 is 10.6 Å². The molecule has 0 spiro atoms. The topological polar surface area (TPSA) is 41.1 Å². The monoisotopic (exact) mass is 212 g/mol. The molecule has 0 radical (unpaired) electrons. The summed E-state index contributed by atoms with van der Waals surface area (Å²) in [6.07, 6.45) is 7.36. The lowest BCUT2D eigenvalue weighted by molar-refractivity contribution is -0.118. The number of terminal acetylenes is 1. The number of nitrogens with one attached hydrogen (secondary N) is 2. The zero-order valence-electron chi connectivity index (χ0n) is 8.21. The summed E-state index contributed by atoms with van der Waals surface area (Å²) in [5, 5.41) is 6.59. The van der Waals surface area contributed by atoms with Crippen molar-refractivity contribution in [2.75, 3.05) is 25.4 Å². The molecule has 1 amide bonds. The summed E-state index contributed by atoms with van der Waals surface area (Å²) in [6.45, 7) is 2.49. The van der Waals surface area contributed by atoms with Crippen LogP contribution in [-0.2, 0) is 4.79 Å². The normalized spacial score (nSPS) is 17.4. The summed E-state index contributed by atoms with van der Waals surface area (Å²) in [4.78, 5) is 11.2. The van der Waals surface area contributed by atoms with Crippen molar-refractivity contribution in [3.63, 3.8) is 0 Å². The first kappa shape index (κ1) is 11.4. The second-order valence-corrected chi connectivity index (χ2v) is 4.53. The van der Waals surface area contributed by atoms with E-state index in [1.165, 1.54) is 0 Å². The lowest BCUT2D eigenvalue weighted by Gasteiger charge is -2.21. The Balaban J connectivity index is 2.07. The van der Waals surface area contributed by atoms with E-state index in [1.54, 1.807) is 11.8 Å². The average Bonchev–Trinajstić information content (AvgIpc) is 2.25. The summed E-state index contributed by atoms with van der Waals surface area (Å²) in [6, 6.07) is 0. The van der Waals surface area contributed by atoms with E-state index in [0.717, 1.165) is 25.9 Å². The highest BCUT2D eigenvalue weighted by molar-refractivity contribution is 8.00. The van der Waals surface area contributed by atoms with Gasteiger partial charge < -0.3 is 10.6 Å².